The Morgan fingerprint density at radius 2 is 1.86 bits per heavy atom. The zero-order valence-electron chi connectivity index (χ0n) is 15.6. The van der Waals surface area contributed by atoms with Crippen molar-refractivity contribution in [1.29, 1.82) is 0 Å². The van der Waals surface area contributed by atoms with Crippen LogP contribution in [0.2, 0.25) is 0 Å². The SMILES string of the molecule is C=C(Cl)CSc1nnc2n(-c3ccccc3C(C)C)c(=O)c3ccccc3n12. The molecule has 2 aromatic carbocycles. The van der Waals surface area contributed by atoms with E-state index in [4.69, 9.17) is 11.6 Å². The number of nitrogens with zero attached hydrogens (tertiary/aromatic N) is 4. The predicted octanol–water partition coefficient (Wildman–Crippen LogP) is 5.00. The molecule has 0 saturated heterocycles. The van der Waals surface area contributed by atoms with Gasteiger partial charge < -0.3 is 0 Å². The molecule has 0 saturated carbocycles. The van der Waals surface area contributed by atoms with Crippen LogP contribution in [0.3, 0.4) is 0 Å². The Hall–Kier alpha value is -2.57. The summed E-state index contributed by atoms with van der Waals surface area (Å²) in [6, 6.07) is 15.4. The lowest BCUT2D eigenvalue weighted by Crippen LogP contribution is -2.23. The molecule has 0 amide bonds. The number of para-hydroxylation sites is 2. The second kappa shape index (κ2) is 7.45. The maximum absolute atomic E-state index is 13.4. The van der Waals surface area contributed by atoms with Gasteiger partial charge in [0.05, 0.1) is 16.6 Å². The number of fused-ring (bicyclic) bond motifs is 3. The minimum absolute atomic E-state index is 0.109. The molecule has 142 valence electrons. The van der Waals surface area contributed by atoms with E-state index >= 15 is 0 Å². The topological polar surface area (TPSA) is 52.2 Å². The molecule has 7 heteroatoms. The Morgan fingerprint density at radius 1 is 1.14 bits per heavy atom. The molecule has 0 aliphatic rings. The van der Waals surface area contributed by atoms with Crippen LogP contribution in [0.5, 0.6) is 0 Å². The van der Waals surface area contributed by atoms with E-state index in [-0.39, 0.29) is 11.5 Å². The quantitative estimate of drug-likeness (QED) is 0.434. The first kappa shape index (κ1) is 18.8. The van der Waals surface area contributed by atoms with E-state index in [9.17, 15) is 4.79 Å². The van der Waals surface area contributed by atoms with Crippen molar-refractivity contribution in [2.45, 2.75) is 24.9 Å². The average Bonchev–Trinajstić information content (AvgIpc) is 3.10. The van der Waals surface area contributed by atoms with E-state index in [0.717, 1.165) is 16.8 Å². The van der Waals surface area contributed by atoms with Crippen LogP contribution in [-0.4, -0.2) is 24.9 Å². The highest BCUT2D eigenvalue weighted by Gasteiger charge is 2.20. The lowest BCUT2D eigenvalue weighted by Gasteiger charge is -2.16. The molecule has 4 rings (SSSR count). The highest BCUT2D eigenvalue weighted by molar-refractivity contribution is 7.99. The van der Waals surface area contributed by atoms with Crippen molar-refractivity contribution in [2.24, 2.45) is 0 Å². The van der Waals surface area contributed by atoms with Gasteiger partial charge in [-0.1, -0.05) is 74.1 Å². The summed E-state index contributed by atoms with van der Waals surface area (Å²) in [5.41, 5.74) is 2.56. The number of benzene rings is 2. The van der Waals surface area contributed by atoms with Gasteiger partial charge in [0.15, 0.2) is 5.16 Å². The average molecular weight is 411 g/mol. The normalized spacial score (nSPS) is 11.6. The minimum Gasteiger partial charge on any atom is -0.268 e. The number of thioether (sulfide) groups is 1. The summed E-state index contributed by atoms with van der Waals surface area (Å²) in [5.74, 6) is 1.25. The summed E-state index contributed by atoms with van der Waals surface area (Å²) in [6.45, 7) is 7.96. The smallest absolute Gasteiger partial charge is 0.267 e. The van der Waals surface area contributed by atoms with Crippen molar-refractivity contribution in [2.75, 3.05) is 5.75 Å². The summed E-state index contributed by atoms with van der Waals surface area (Å²) >= 11 is 7.39. The Bertz CT molecular complexity index is 1260. The van der Waals surface area contributed by atoms with E-state index in [2.05, 4.69) is 30.6 Å². The fourth-order valence-corrected chi connectivity index (χ4v) is 4.17. The van der Waals surface area contributed by atoms with Gasteiger partial charge >= 0.3 is 0 Å². The molecule has 28 heavy (non-hydrogen) atoms. The molecule has 0 aliphatic carbocycles. The Balaban J connectivity index is 2.11. The summed E-state index contributed by atoms with van der Waals surface area (Å²) in [7, 11) is 0. The second-order valence-corrected chi connectivity index (χ2v) is 8.27. The molecule has 2 heterocycles. The van der Waals surface area contributed by atoms with E-state index in [0.29, 0.717) is 27.1 Å². The van der Waals surface area contributed by atoms with Gasteiger partial charge in [0.2, 0.25) is 5.78 Å². The summed E-state index contributed by atoms with van der Waals surface area (Å²) in [6.07, 6.45) is 0. The Morgan fingerprint density at radius 3 is 2.61 bits per heavy atom. The molecular weight excluding hydrogens is 392 g/mol. The van der Waals surface area contributed by atoms with Gasteiger partial charge in [0.25, 0.3) is 5.56 Å². The number of rotatable bonds is 5. The first-order valence-corrected chi connectivity index (χ1v) is 10.3. The monoisotopic (exact) mass is 410 g/mol. The van der Waals surface area contributed by atoms with E-state index in [1.807, 2.05) is 52.9 Å². The summed E-state index contributed by atoms with van der Waals surface area (Å²) in [5, 5.41) is 10.5. The first-order valence-electron chi connectivity index (χ1n) is 8.93. The molecular formula is C21H19ClN4OS. The number of aromatic nitrogens is 4. The van der Waals surface area contributed by atoms with Gasteiger partial charge in [-0.2, -0.15) is 0 Å². The Kier molecular flexibility index (Phi) is 5.00. The zero-order valence-corrected chi connectivity index (χ0v) is 17.2. The lowest BCUT2D eigenvalue weighted by molar-refractivity contribution is 0.837. The van der Waals surface area contributed by atoms with E-state index in [1.54, 1.807) is 4.57 Å². The maximum Gasteiger partial charge on any atom is 0.267 e. The first-order chi connectivity index (χ1) is 13.5. The van der Waals surface area contributed by atoms with Crippen LogP contribution >= 0.6 is 23.4 Å². The maximum atomic E-state index is 13.4. The molecule has 4 aromatic rings. The van der Waals surface area contributed by atoms with Gasteiger partial charge in [-0.15, -0.1) is 10.2 Å². The van der Waals surface area contributed by atoms with Gasteiger partial charge in [-0.3, -0.25) is 9.20 Å². The van der Waals surface area contributed by atoms with Crippen molar-refractivity contribution in [1.82, 2.24) is 19.2 Å². The number of halogens is 1. The van der Waals surface area contributed by atoms with Crippen molar-refractivity contribution in [3.8, 4) is 5.69 Å². The van der Waals surface area contributed by atoms with Crippen LogP contribution in [0.15, 0.2) is 70.1 Å². The molecule has 0 N–H and O–H groups in total. The van der Waals surface area contributed by atoms with Gasteiger partial charge in [0, 0.05) is 10.8 Å². The fourth-order valence-electron chi connectivity index (χ4n) is 3.31. The largest absolute Gasteiger partial charge is 0.268 e. The van der Waals surface area contributed by atoms with Gasteiger partial charge in [-0.25, -0.2) is 4.57 Å². The Labute approximate surface area is 171 Å². The standard InChI is InChI=1S/C21H19ClN4OS/c1-13(2)15-8-4-6-10-17(15)25-19(27)16-9-5-7-11-18(16)26-20(25)23-24-21(26)28-12-14(3)22/h4-11,13H,3,12H2,1-2H3. The fraction of sp³-hybridized carbons (Fsp3) is 0.190. The number of hydrogen-bond acceptors (Lipinski definition) is 4. The van der Waals surface area contributed by atoms with Crippen LogP contribution in [0, 0.1) is 0 Å². The molecule has 2 aromatic heterocycles. The number of hydrogen-bond donors (Lipinski definition) is 0. The lowest BCUT2D eigenvalue weighted by atomic mass is 10.0. The molecule has 0 spiro atoms. The van der Waals surface area contributed by atoms with Crippen LogP contribution in [0.1, 0.15) is 25.3 Å². The van der Waals surface area contributed by atoms with E-state index in [1.165, 1.54) is 11.8 Å². The van der Waals surface area contributed by atoms with Gasteiger partial charge in [0.1, 0.15) is 0 Å². The van der Waals surface area contributed by atoms with E-state index < -0.39 is 0 Å². The van der Waals surface area contributed by atoms with Crippen LogP contribution in [0.4, 0.5) is 0 Å². The summed E-state index contributed by atoms with van der Waals surface area (Å²) in [4.78, 5) is 13.4. The molecule has 0 radical (unpaired) electrons. The third kappa shape index (κ3) is 3.12. The van der Waals surface area contributed by atoms with Crippen LogP contribution in [-0.2, 0) is 0 Å². The highest BCUT2D eigenvalue weighted by atomic mass is 35.5. The third-order valence-electron chi connectivity index (χ3n) is 4.55. The second-order valence-electron chi connectivity index (χ2n) is 6.80. The van der Waals surface area contributed by atoms with Crippen molar-refractivity contribution < 1.29 is 0 Å². The summed E-state index contributed by atoms with van der Waals surface area (Å²) < 4.78 is 3.57. The van der Waals surface area contributed by atoms with Crippen LogP contribution < -0.4 is 5.56 Å². The third-order valence-corrected chi connectivity index (χ3v) is 5.86. The molecule has 5 nitrogen and oxygen atoms in total. The highest BCUT2D eigenvalue weighted by Crippen LogP contribution is 2.27. The minimum atomic E-state index is -0.109. The molecule has 0 fully saturated rings. The molecule has 0 unspecified atom stereocenters. The molecule has 0 atom stereocenters. The van der Waals surface area contributed by atoms with Crippen molar-refractivity contribution in [3.63, 3.8) is 0 Å². The molecule has 0 aliphatic heterocycles. The predicted molar refractivity (Wildman–Crippen MR) is 116 cm³/mol. The van der Waals surface area contributed by atoms with Crippen molar-refractivity contribution >= 4 is 40.0 Å². The molecule has 0 bridgehead atoms. The zero-order chi connectivity index (χ0) is 19.8. The van der Waals surface area contributed by atoms with Crippen molar-refractivity contribution in [3.05, 3.63) is 76.1 Å². The van der Waals surface area contributed by atoms with Gasteiger partial charge in [-0.05, 0) is 29.7 Å². The van der Waals surface area contributed by atoms with Crippen LogP contribution in [0.25, 0.3) is 22.4 Å².